The molecule has 0 saturated heterocycles. The number of nitrogens with zero attached hydrogens (tertiary/aromatic N) is 3. The average Bonchev–Trinajstić information content (AvgIpc) is 2.82. The highest BCUT2D eigenvalue weighted by atomic mass is 16.4. The third-order valence-corrected chi connectivity index (χ3v) is 2.77. The number of nitrogens with two attached hydrogens (primary N) is 1. The molecule has 1 atom stereocenters. The number of nitrogen functional groups attached to an aromatic ring is 1. The van der Waals surface area contributed by atoms with Gasteiger partial charge in [0.2, 0.25) is 5.95 Å². The lowest BCUT2D eigenvalue weighted by molar-refractivity contribution is -0.139. The van der Waals surface area contributed by atoms with Gasteiger partial charge in [0.15, 0.2) is 0 Å². The first-order valence-corrected chi connectivity index (χ1v) is 5.76. The average molecular weight is 261 g/mol. The van der Waals surface area contributed by atoms with Crippen molar-refractivity contribution in [1.82, 2.24) is 20.1 Å². The Labute approximate surface area is 110 Å². The molecule has 0 unspecified atom stereocenters. The van der Waals surface area contributed by atoms with Crippen LogP contribution >= 0.6 is 0 Å². The van der Waals surface area contributed by atoms with Crippen molar-refractivity contribution < 1.29 is 9.90 Å². The van der Waals surface area contributed by atoms with Gasteiger partial charge in [0.1, 0.15) is 12.4 Å². The van der Waals surface area contributed by atoms with Crippen molar-refractivity contribution in [2.24, 2.45) is 0 Å². The minimum Gasteiger partial charge on any atom is -0.480 e. The van der Waals surface area contributed by atoms with E-state index in [4.69, 9.17) is 10.8 Å². The van der Waals surface area contributed by atoms with Gasteiger partial charge in [-0.15, -0.1) is 5.10 Å². The number of benzene rings is 1. The molecule has 0 saturated carbocycles. The fourth-order valence-electron chi connectivity index (χ4n) is 1.77. The maximum absolute atomic E-state index is 11.0. The predicted molar refractivity (Wildman–Crippen MR) is 70.0 cm³/mol. The van der Waals surface area contributed by atoms with Crippen molar-refractivity contribution in [2.75, 3.05) is 12.8 Å². The molecular formula is C12H15N5O2. The summed E-state index contributed by atoms with van der Waals surface area (Å²) in [6.45, 7) is 0. The topological polar surface area (TPSA) is 106 Å². The van der Waals surface area contributed by atoms with Crippen LogP contribution in [0.3, 0.4) is 0 Å². The Morgan fingerprint density at radius 2 is 2.37 bits per heavy atom. The molecule has 7 nitrogen and oxygen atoms in total. The van der Waals surface area contributed by atoms with Gasteiger partial charge < -0.3 is 16.2 Å². The summed E-state index contributed by atoms with van der Waals surface area (Å²) in [7, 11) is 1.63. The minimum absolute atomic E-state index is 0.198. The first-order valence-electron chi connectivity index (χ1n) is 5.76. The molecule has 0 fully saturated rings. The van der Waals surface area contributed by atoms with Crippen LogP contribution in [0.2, 0.25) is 0 Å². The monoisotopic (exact) mass is 261 g/mol. The van der Waals surface area contributed by atoms with E-state index in [2.05, 4.69) is 15.4 Å². The smallest absolute Gasteiger partial charge is 0.321 e. The normalized spacial score (nSPS) is 12.3. The number of anilines is 1. The molecule has 0 radical (unpaired) electrons. The second-order valence-corrected chi connectivity index (χ2v) is 4.10. The number of nitrogens with one attached hydrogen (secondary N) is 1. The lowest BCUT2D eigenvalue weighted by Gasteiger charge is -2.11. The fourth-order valence-corrected chi connectivity index (χ4v) is 1.77. The van der Waals surface area contributed by atoms with Gasteiger partial charge in [-0.25, -0.2) is 9.67 Å². The number of carboxylic acids is 1. The van der Waals surface area contributed by atoms with E-state index < -0.39 is 12.0 Å². The molecule has 4 N–H and O–H groups in total. The Balaban J connectivity index is 2.22. The van der Waals surface area contributed by atoms with Crippen LogP contribution < -0.4 is 11.1 Å². The van der Waals surface area contributed by atoms with Crippen LogP contribution in [0.5, 0.6) is 0 Å². The van der Waals surface area contributed by atoms with Crippen molar-refractivity contribution in [3.63, 3.8) is 0 Å². The molecule has 2 aromatic rings. The van der Waals surface area contributed by atoms with Crippen molar-refractivity contribution in [3.05, 3.63) is 36.2 Å². The standard InChI is InChI=1S/C12H15N5O2/c1-14-10(11(18)19)6-8-3-2-4-9(5-8)17-7-15-12(13)16-17/h2-5,7,10,14H,6H2,1H3,(H2,13,16)(H,18,19)/t10-/m0/s1. The summed E-state index contributed by atoms with van der Waals surface area (Å²) < 4.78 is 1.55. The van der Waals surface area contributed by atoms with E-state index in [1.54, 1.807) is 11.7 Å². The Kier molecular flexibility index (Phi) is 3.76. The molecule has 1 heterocycles. The molecule has 7 heteroatoms. The van der Waals surface area contributed by atoms with Crippen molar-refractivity contribution >= 4 is 11.9 Å². The van der Waals surface area contributed by atoms with Crippen LogP contribution in [0.15, 0.2) is 30.6 Å². The molecule has 0 aliphatic rings. The number of carboxylic acid groups (broad SMARTS) is 1. The number of carbonyl (C=O) groups is 1. The maximum atomic E-state index is 11.0. The quantitative estimate of drug-likeness (QED) is 0.703. The third-order valence-electron chi connectivity index (χ3n) is 2.77. The summed E-state index contributed by atoms with van der Waals surface area (Å²) >= 11 is 0. The Hall–Kier alpha value is -2.41. The Morgan fingerprint density at radius 1 is 1.58 bits per heavy atom. The molecule has 19 heavy (non-hydrogen) atoms. The summed E-state index contributed by atoms with van der Waals surface area (Å²) in [5, 5.41) is 15.8. The highest BCUT2D eigenvalue weighted by molar-refractivity contribution is 5.73. The molecule has 0 aliphatic heterocycles. The van der Waals surface area contributed by atoms with Crippen LogP contribution in [0.1, 0.15) is 5.56 Å². The minimum atomic E-state index is -0.877. The second kappa shape index (κ2) is 5.49. The number of aromatic nitrogens is 3. The van der Waals surface area contributed by atoms with Gasteiger partial charge in [-0.2, -0.15) is 0 Å². The van der Waals surface area contributed by atoms with E-state index in [9.17, 15) is 4.79 Å². The van der Waals surface area contributed by atoms with Gasteiger partial charge >= 0.3 is 5.97 Å². The van der Waals surface area contributed by atoms with E-state index >= 15 is 0 Å². The highest BCUT2D eigenvalue weighted by Gasteiger charge is 2.15. The summed E-state index contributed by atoms with van der Waals surface area (Å²) in [5.74, 6) is -0.679. The molecule has 1 aromatic heterocycles. The molecule has 1 aromatic carbocycles. The van der Waals surface area contributed by atoms with Crippen molar-refractivity contribution in [3.8, 4) is 5.69 Å². The number of likely N-dealkylation sites (N-methyl/N-ethyl adjacent to an activating group) is 1. The van der Waals surface area contributed by atoms with E-state index in [0.717, 1.165) is 11.3 Å². The lowest BCUT2D eigenvalue weighted by Crippen LogP contribution is -2.35. The first-order chi connectivity index (χ1) is 9.10. The van der Waals surface area contributed by atoms with E-state index in [-0.39, 0.29) is 5.95 Å². The van der Waals surface area contributed by atoms with Gasteiger partial charge in [0.05, 0.1) is 5.69 Å². The summed E-state index contributed by atoms with van der Waals surface area (Å²) in [6.07, 6.45) is 1.91. The van der Waals surface area contributed by atoms with Crippen LogP contribution in [0.25, 0.3) is 5.69 Å². The largest absolute Gasteiger partial charge is 0.480 e. The predicted octanol–water partition coefficient (Wildman–Crippen LogP) is 0.0646. The van der Waals surface area contributed by atoms with E-state index in [1.165, 1.54) is 6.33 Å². The van der Waals surface area contributed by atoms with Gasteiger partial charge in [0, 0.05) is 0 Å². The first kappa shape index (κ1) is 13.0. The third kappa shape index (κ3) is 3.08. The molecule has 100 valence electrons. The molecule has 2 rings (SSSR count). The Morgan fingerprint density at radius 3 is 2.95 bits per heavy atom. The fraction of sp³-hybridized carbons (Fsp3) is 0.250. The van der Waals surface area contributed by atoms with Gasteiger partial charge in [-0.05, 0) is 31.2 Å². The number of rotatable bonds is 5. The maximum Gasteiger partial charge on any atom is 0.321 e. The second-order valence-electron chi connectivity index (χ2n) is 4.10. The SMILES string of the molecule is CN[C@@H](Cc1cccc(-n2cnc(N)n2)c1)C(=O)O. The summed E-state index contributed by atoms with van der Waals surface area (Å²) in [6, 6.07) is 6.82. The lowest BCUT2D eigenvalue weighted by atomic mass is 10.1. The molecule has 0 amide bonds. The van der Waals surface area contributed by atoms with E-state index in [1.807, 2.05) is 24.3 Å². The van der Waals surface area contributed by atoms with Gasteiger partial charge in [-0.1, -0.05) is 12.1 Å². The van der Waals surface area contributed by atoms with Gasteiger partial charge in [0.25, 0.3) is 0 Å². The van der Waals surface area contributed by atoms with Crippen molar-refractivity contribution in [1.29, 1.82) is 0 Å². The van der Waals surface area contributed by atoms with Gasteiger partial charge in [-0.3, -0.25) is 4.79 Å². The number of hydrogen-bond acceptors (Lipinski definition) is 5. The highest BCUT2D eigenvalue weighted by Crippen LogP contribution is 2.12. The zero-order valence-electron chi connectivity index (χ0n) is 10.4. The van der Waals surface area contributed by atoms with Crippen molar-refractivity contribution in [2.45, 2.75) is 12.5 Å². The molecule has 0 aliphatic carbocycles. The Bertz CT molecular complexity index is 581. The molecular weight excluding hydrogens is 246 g/mol. The zero-order valence-corrected chi connectivity index (χ0v) is 10.4. The summed E-state index contributed by atoms with van der Waals surface area (Å²) in [5.41, 5.74) is 7.16. The number of hydrogen-bond donors (Lipinski definition) is 3. The van der Waals surface area contributed by atoms with Crippen LogP contribution in [-0.4, -0.2) is 38.9 Å². The van der Waals surface area contributed by atoms with E-state index in [0.29, 0.717) is 6.42 Å². The molecule has 0 spiro atoms. The van der Waals surface area contributed by atoms with Crippen LogP contribution in [0.4, 0.5) is 5.95 Å². The number of aliphatic carboxylic acids is 1. The van der Waals surface area contributed by atoms with Crippen LogP contribution in [-0.2, 0) is 11.2 Å². The summed E-state index contributed by atoms with van der Waals surface area (Å²) in [4.78, 5) is 14.8. The molecule has 0 bridgehead atoms. The van der Waals surface area contributed by atoms with Crippen LogP contribution in [0, 0.1) is 0 Å². The zero-order chi connectivity index (χ0) is 13.8.